The normalized spacial score (nSPS) is 11.8. The SMILES string of the molecule is CC(CC(=O)NCc1ccncc1)C(N)=O. The number of carbonyl (C=O) groups is 2. The van der Waals surface area contributed by atoms with Crippen molar-refractivity contribution in [2.45, 2.75) is 19.9 Å². The van der Waals surface area contributed by atoms with Crippen LogP contribution in [0.1, 0.15) is 18.9 Å². The molecule has 5 nitrogen and oxygen atoms in total. The first kappa shape index (κ1) is 12.2. The maximum absolute atomic E-state index is 11.4. The van der Waals surface area contributed by atoms with Crippen molar-refractivity contribution in [2.24, 2.45) is 11.7 Å². The molecule has 0 aliphatic carbocycles. The molecule has 1 rings (SSSR count). The highest BCUT2D eigenvalue weighted by Crippen LogP contribution is 2.01. The molecule has 0 aromatic carbocycles. The van der Waals surface area contributed by atoms with E-state index in [4.69, 9.17) is 5.73 Å². The van der Waals surface area contributed by atoms with E-state index < -0.39 is 11.8 Å². The van der Waals surface area contributed by atoms with Gasteiger partial charge >= 0.3 is 0 Å². The van der Waals surface area contributed by atoms with Crippen LogP contribution in [0.2, 0.25) is 0 Å². The molecule has 0 bridgehead atoms. The quantitative estimate of drug-likeness (QED) is 0.745. The van der Waals surface area contributed by atoms with Crippen LogP contribution in [0.3, 0.4) is 0 Å². The molecule has 3 N–H and O–H groups in total. The van der Waals surface area contributed by atoms with Crippen LogP contribution in [0.15, 0.2) is 24.5 Å². The molecule has 5 heteroatoms. The van der Waals surface area contributed by atoms with Gasteiger partial charge in [-0.2, -0.15) is 0 Å². The van der Waals surface area contributed by atoms with Gasteiger partial charge in [-0.1, -0.05) is 6.92 Å². The van der Waals surface area contributed by atoms with Crippen molar-refractivity contribution in [1.29, 1.82) is 0 Å². The van der Waals surface area contributed by atoms with Crippen LogP contribution in [-0.2, 0) is 16.1 Å². The smallest absolute Gasteiger partial charge is 0.221 e. The molecule has 0 spiro atoms. The predicted octanol–water partition coefficient (Wildman–Crippen LogP) is 0.209. The molecule has 0 radical (unpaired) electrons. The number of hydrogen-bond acceptors (Lipinski definition) is 3. The van der Waals surface area contributed by atoms with Crippen LogP contribution in [-0.4, -0.2) is 16.8 Å². The van der Waals surface area contributed by atoms with Gasteiger partial charge in [-0.3, -0.25) is 14.6 Å². The molecule has 1 aromatic rings. The number of hydrogen-bond donors (Lipinski definition) is 2. The first-order chi connectivity index (χ1) is 7.59. The second kappa shape index (κ2) is 5.85. The summed E-state index contributed by atoms with van der Waals surface area (Å²) in [7, 11) is 0. The van der Waals surface area contributed by atoms with Gasteiger partial charge in [0.1, 0.15) is 0 Å². The fourth-order valence-corrected chi connectivity index (χ4v) is 1.15. The Labute approximate surface area is 94.1 Å². The van der Waals surface area contributed by atoms with E-state index in [1.807, 2.05) is 12.1 Å². The average Bonchev–Trinajstić information content (AvgIpc) is 2.27. The summed E-state index contributed by atoms with van der Waals surface area (Å²) < 4.78 is 0. The molecule has 1 heterocycles. The summed E-state index contributed by atoms with van der Waals surface area (Å²) in [5.74, 6) is -1.07. The minimum absolute atomic E-state index is 0.125. The third-order valence-corrected chi connectivity index (χ3v) is 2.22. The van der Waals surface area contributed by atoms with E-state index in [-0.39, 0.29) is 12.3 Å². The largest absolute Gasteiger partial charge is 0.369 e. The lowest BCUT2D eigenvalue weighted by molar-refractivity contribution is -0.128. The summed E-state index contributed by atoms with van der Waals surface area (Å²) in [5.41, 5.74) is 6.03. The predicted molar refractivity (Wildman–Crippen MR) is 59.1 cm³/mol. The highest BCUT2D eigenvalue weighted by Gasteiger charge is 2.13. The van der Waals surface area contributed by atoms with Crippen molar-refractivity contribution in [3.05, 3.63) is 30.1 Å². The fraction of sp³-hybridized carbons (Fsp3) is 0.364. The number of nitrogens with zero attached hydrogens (tertiary/aromatic N) is 1. The molecule has 0 saturated heterocycles. The molecule has 16 heavy (non-hydrogen) atoms. The first-order valence-electron chi connectivity index (χ1n) is 5.04. The fourth-order valence-electron chi connectivity index (χ4n) is 1.15. The Bertz CT molecular complexity index is 365. The maximum Gasteiger partial charge on any atom is 0.221 e. The Morgan fingerprint density at radius 1 is 1.44 bits per heavy atom. The van der Waals surface area contributed by atoms with Gasteiger partial charge in [0, 0.05) is 31.3 Å². The minimum atomic E-state index is -0.459. The van der Waals surface area contributed by atoms with Gasteiger partial charge in [0.25, 0.3) is 0 Å². The highest BCUT2D eigenvalue weighted by molar-refractivity contribution is 5.84. The number of nitrogens with two attached hydrogens (primary N) is 1. The summed E-state index contributed by atoms with van der Waals surface area (Å²) in [6.45, 7) is 2.07. The van der Waals surface area contributed by atoms with Crippen LogP contribution in [0.5, 0.6) is 0 Å². The lowest BCUT2D eigenvalue weighted by atomic mass is 10.1. The first-order valence-corrected chi connectivity index (χ1v) is 5.04. The van der Waals surface area contributed by atoms with Gasteiger partial charge < -0.3 is 11.1 Å². The van der Waals surface area contributed by atoms with Gasteiger partial charge in [-0.15, -0.1) is 0 Å². The zero-order valence-electron chi connectivity index (χ0n) is 9.14. The summed E-state index contributed by atoms with van der Waals surface area (Å²) >= 11 is 0. The van der Waals surface area contributed by atoms with Crippen LogP contribution in [0, 0.1) is 5.92 Å². The van der Waals surface area contributed by atoms with Gasteiger partial charge in [0.2, 0.25) is 11.8 Å². The monoisotopic (exact) mass is 221 g/mol. The second-order valence-electron chi connectivity index (χ2n) is 3.64. The van der Waals surface area contributed by atoms with Crippen LogP contribution in [0.25, 0.3) is 0 Å². The van der Waals surface area contributed by atoms with Crippen molar-refractivity contribution in [1.82, 2.24) is 10.3 Å². The van der Waals surface area contributed by atoms with Gasteiger partial charge in [0.05, 0.1) is 0 Å². The third-order valence-electron chi connectivity index (χ3n) is 2.22. The number of rotatable bonds is 5. The Hall–Kier alpha value is -1.91. The lowest BCUT2D eigenvalue weighted by Gasteiger charge is -2.08. The van der Waals surface area contributed by atoms with Crippen molar-refractivity contribution in [3.8, 4) is 0 Å². The molecular formula is C11H15N3O2. The molecule has 1 atom stereocenters. The van der Waals surface area contributed by atoms with Crippen LogP contribution < -0.4 is 11.1 Å². The number of pyridine rings is 1. The topological polar surface area (TPSA) is 85.1 Å². The van der Waals surface area contributed by atoms with Crippen molar-refractivity contribution < 1.29 is 9.59 Å². The van der Waals surface area contributed by atoms with E-state index >= 15 is 0 Å². The van der Waals surface area contributed by atoms with Gasteiger partial charge in [-0.05, 0) is 17.7 Å². The number of amides is 2. The lowest BCUT2D eigenvalue weighted by Crippen LogP contribution is -2.29. The second-order valence-corrected chi connectivity index (χ2v) is 3.64. The molecule has 86 valence electrons. The zero-order valence-corrected chi connectivity index (χ0v) is 9.14. The van der Waals surface area contributed by atoms with Crippen LogP contribution >= 0.6 is 0 Å². The number of primary amides is 1. The van der Waals surface area contributed by atoms with E-state index in [2.05, 4.69) is 10.3 Å². The molecule has 0 fully saturated rings. The standard InChI is InChI=1S/C11H15N3O2/c1-8(11(12)16)6-10(15)14-7-9-2-4-13-5-3-9/h2-5,8H,6-7H2,1H3,(H2,12,16)(H,14,15). The summed E-state index contributed by atoms with van der Waals surface area (Å²) in [5, 5.41) is 2.71. The van der Waals surface area contributed by atoms with Crippen molar-refractivity contribution in [2.75, 3.05) is 0 Å². The molecular weight excluding hydrogens is 206 g/mol. The van der Waals surface area contributed by atoms with Crippen LogP contribution in [0.4, 0.5) is 0 Å². The van der Waals surface area contributed by atoms with E-state index in [1.54, 1.807) is 19.3 Å². The molecule has 1 aromatic heterocycles. The van der Waals surface area contributed by atoms with Gasteiger partial charge in [-0.25, -0.2) is 0 Å². The Kier molecular flexibility index (Phi) is 4.44. The third kappa shape index (κ3) is 4.08. The number of carbonyl (C=O) groups excluding carboxylic acids is 2. The molecule has 0 saturated carbocycles. The summed E-state index contributed by atoms with van der Waals surface area (Å²) in [6.07, 6.45) is 3.45. The van der Waals surface area contributed by atoms with E-state index in [0.29, 0.717) is 6.54 Å². The molecule has 0 aliphatic heterocycles. The van der Waals surface area contributed by atoms with Crippen molar-refractivity contribution in [3.63, 3.8) is 0 Å². The van der Waals surface area contributed by atoms with E-state index in [0.717, 1.165) is 5.56 Å². The maximum atomic E-state index is 11.4. The van der Waals surface area contributed by atoms with Crippen molar-refractivity contribution >= 4 is 11.8 Å². The summed E-state index contributed by atoms with van der Waals surface area (Å²) in [4.78, 5) is 26.0. The minimum Gasteiger partial charge on any atom is -0.369 e. The zero-order chi connectivity index (χ0) is 12.0. The summed E-state index contributed by atoms with van der Waals surface area (Å²) in [6, 6.07) is 3.63. The molecule has 0 aliphatic rings. The van der Waals surface area contributed by atoms with Gasteiger partial charge in [0.15, 0.2) is 0 Å². The molecule has 2 amide bonds. The van der Waals surface area contributed by atoms with E-state index in [9.17, 15) is 9.59 Å². The highest BCUT2D eigenvalue weighted by atomic mass is 16.2. The number of nitrogens with one attached hydrogen (secondary N) is 1. The number of aromatic nitrogens is 1. The molecule has 1 unspecified atom stereocenters. The Morgan fingerprint density at radius 2 is 2.06 bits per heavy atom. The Balaban J connectivity index is 2.33. The average molecular weight is 221 g/mol. The van der Waals surface area contributed by atoms with E-state index in [1.165, 1.54) is 0 Å². The Morgan fingerprint density at radius 3 is 2.62 bits per heavy atom.